The molecule has 0 heterocycles. The summed E-state index contributed by atoms with van der Waals surface area (Å²) in [4.78, 5) is 11.5. The normalized spacial score (nSPS) is 16.4. The molecule has 1 aliphatic rings. The Morgan fingerprint density at radius 3 is 2.83 bits per heavy atom. The van der Waals surface area contributed by atoms with E-state index >= 15 is 0 Å². The Morgan fingerprint density at radius 1 is 1.20 bits per heavy atom. The van der Waals surface area contributed by atoms with Crippen molar-refractivity contribution in [3.05, 3.63) is 58.6 Å². The van der Waals surface area contributed by atoms with Crippen LogP contribution in [-0.4, -0.2) is 49.6 Å². The molecule has 0 fully saturated rings. The van der Waals surface area contributed by atoms with Gasteiger partial charge < -0.3 is 24.6 Å². The second-order valence-corrected chi connectivity index (χ2v) is 7.73. The summed E-state index contributed by atoms with van der Waals surface area (Å²) in [7, 11) is 0. The number of ether oxygens (including phenoxy) is 3. The van der Waals surface area contributed by atoms with E-state index in [0.717, 1.165) is 19.3 Å². The maximum absolute atomic E-state index is 11.5. The first-order valence-electron chi connectivity index (χ1n) is 10.2. The van der Waals surface area contributed by atoms with E-state index in [9.17, 15) is 9.90 Å². The maximum atomic E-state index is 11.5. The number of aliphatic hydroxyl groups is 1. The molecule has 0 radical (unpaired) electrons. The largest absolute Gasteiger partial charge is 0.491 e. The lowest BCUT2D eigenvalue weighted by Crippen LogP contribution is -2.40. The number of aliphatic hydroxyl groups excluding tert-OH is 1. The van der Waals surface area contributed by atoms with Crippen LogP contribution in [-0.2, 0) is 22.4 Å². The van der Waals surface area contributed by atoms with Gasteiger partial charge in [0.2, 0.25) is 0 Å². The first-order valence-corrected chi connectivity index (χ1v) is 10.6. The molecule has 0 spiro atoms. The van der Waals surface area contributed by atoms with E-state index in [1.807, 2.05) is 24.3 Å². The van der Waals surface area contributed by atoms with Crippen LogP contribution in [0.4, 0.5) is 0 Å². The van der Waals surface area contributed by atoms with Crippen LogP contribution >= 0.6 is 11.6 Å². The van der Waals surface area contributed by atoms with Crippen molar-refractivity contribution in [1.29, 1.82) is 0 Å². The molecule has 162 valence electrons. The zero-order chi connectivity index (χ0) is 21.3. The number of nitrogens with one attached hydrogen (secondary N) is 1. The maximum Gasteiger partial charge on any atom is 0.344 e. The van der Waals surface area contributed by atoms with Crippen LogP contribution in [0.3, 0.4) is 0 Å². The molecule has 0 bridgehead atoms. The molecule has 2 aromatic carbocycles. The molecule has 3 rings (SSSR count). The highest BCUT2D eigenvalue weighted by Crippen LogP contribution is 2.26. The number of fused-ring (bicyclic) bond motifs is 1. The van der Waals surface area contributed by atoms with E-state index in [0.29, 0.717) is 29.7 Å². The Kier molecular flexibility index (Phi) is 8.37. The predicted octanol–water partition coefficient (Wildman–Crippen LogP) is 3.17. The SMILES string of the molecule is CCOC(=O)COc1ccc2c(c1)C[C@@H](NC[C@H](O)COc1cccc(Cl)c1)CC2. The second-order valence-electron chi connectivity index (χ2n) is 7.29. The molecular weight excluding hydrogens is 406 g/mol. The minimum absolute atomic E-state index is 0.0902. The van der Waals surface area contributed by atoms with Gasteiger partial charge in [0, 0.05) is 17.6 Å². The molecule has 1 aliphatic carbocycles. The van der Waals surface area contributed by atoms with Gasteiger partial charge in [-0.3, -0.25) is 0 Å². The van der Waals surface area contributed by atoms with Crippen molar-refractivity contribution in [2.75, 3.05) is 26.4 Å². The van der Waals surface area contributed by atoms with Crippen molar-refractivity contribution in [3.8, 4) is 11.5 Å². The van der Waals surface area contributed by atoms with E-state index in [-0.39, 0.29) is 25.2 Å². The minimum Gasteiger partial charge on any atom is -0.491 e. The fourth-order valence-corrected chi connectivity index (χ4v) is 3.63. The molecule has 2 atom stereocenters. The van der Waals surface area contributed by atoms with Crippen molar-refractivity contribution in [2.24, 2.45) is 0 Å². The Bertz CT molecular complexity index is 844. The van der Waals surface area contributed by atoms with Crippen molar-refractivity contribution in [2.45, 2.75) is 38.3 Å². The fraction of sp³-hybridized carbons (Fsp3) is 0.435. The van der Waals surface area contributed by atoms with Crippen LogP contribution in [0.5, 0.6) is 11.5 Å². The molecule has 30 heavy (non-hydrogen) atoms. The summed E-state index contributed by atoms with van der Waals surface area (Å²) < 4.78 is 16.0. The highest BCUT2D eigenvalue weighted by Gasteiger charge is 2.20. The molecule has 2 N–H and O–H groups in total. The van der Waals surface area contributed by atoms with Gasteiger partial charge in [-0.1, -0.05) is 23.7 Å². The van der Waals surface area contributed by atoms with Gasteiger partial charge in [-0.05, 0) is 67.6 Å². The summed E-state index contributed by atoms with van der Waals surface area (Å²) in [5.74, 6) is 0.935. The van der Waals surface area contributed by atoms with Gasteiger partial charge in [0.05, 0.1) is 6.61 Å². The molecule has 0 aromatic heterocycles. The number of benzene rings is 2. The summed E-state index contributed by atoms with van der Waals surface area (Å²) in [6, 6.07) is 13.3. The Morgan fingerprint density at radius 2 is 2.03 bits per heavy atom. The Hall–Kier alpha value is -2.28. The topological polar surface area (TPSA) is 77.0 Å². The Labute approximate surface area is 182 Å². The first kappa shape index (κ1) is 22.4. The number of carbonyl (C=O) groups is 1. The molecule has 0 amide bonds. The van der Waals surface area contributed by atoms with Gasteiger partial charge >= 0.3 is 5.97 Å². The van der Waals surface area contributed by atoms with Crippen LogP contribution in [0.25, 0.3) is 0 Å². The number of hydrogen-bond donors (Lipinski definition) is 2. The zero-order valence-corrected chi connectivity index (χ0v) is 17.9. The quantitative estimate of drug-likeness (QED) is 0.560. The van der Waals surface area contributed by atoms with Gasteiger partial charge in [0.1, 0.15) is 24.2 Å². The van der Waals surface area contributed by atoms with Crippen molar-refractivity contribution < 1.29 is 24.1 Å². The van der Waals surface area contributed by atoms with Gasteiger partial charge in [0.15, 0.2) is 6.61 Å². The summed E-state index contributed by atoms with van der Waals surface area (Å²) >= 11 is 5.94. The van der Waals surface area contributed by atoms with Gasteiger partial charge in [-0.15, -0.1) is 0 Å². The second kappa shape index (κ2) is 11.2. The Balaban J connectivity index is 1.44. The van der Waals surface area contributed by atoms with Crippen molar-refractivity contribution in [1.82, 2.24) is 5.32 Å². The smallest absolute Gasteiger partial charge is 0.344 e. The molecular formula is C23H28ClNO5. The van der Waals surface area contributed by atoms with Crippen LogP contribution in [0.15, 0.2) is 42.5 Å². The summed E-state index contributed by atoms with van der Waals surface area (Å²) in [5.41, 5.74) is 2.49. The fourth-order valence-electron chi connectivity index (χ4n) is 3.45. The molecule has 0 unspecified atom stereocenters. The summed E-state index contributed by atoms with van der Waals surface area (Å²) in [5, 5.41) is 14.3. The summed E-state index contributed by atoms with van der Waals surface area (Å²) in [6.45, 7) is 2.66. The lowest BCUT2D eigenvalue weighted by atomic mass is 9.88. The number of carbonyl (C=O) groups excluding carboxylic acids is 1. The number of esters is 1. The number of hydrogen-bond acceptors (Lipinski definition) is 6. The van der Waals surface area contributed by atoms with Crippen LogP contribution in [0, 0.1) is 0 Å². The molecule has 6 nitrogen and oxygen atoms in total. The van der Waals surface area contributed by atoms with Gasteiger partial charge in [0.25, 0.3) is 0 Å². The van der Waals surface area contributed by atoms with E-state index in [2.05, 4.69) is 11.4 Å². The lowest BCUT2D eigenvalue weighted by Gasteiger charge is -2.27. The molecule has 2 aromatic rings. The number of aryl methyl sites for hydroxylation is 1. The van der Waals surface area contributed by atoms with E-state index < -0.39 is 6.10 Å². The zero-order valence-electron chi connectivity index (χ0n) is 17.1. The third-order valence-corrected chi connectivity index (χ3v) is 5.18. The van der Waals surface area contributed by atoms with Gasteiger partial charge in [-0.25, -0.2) is 4.79 Å². The minimum atomic E-state index is -0.621. The highest BCUT2D eigenvalue weighted by molar-refractivity contribution is 6.30. The summed E-state index contributed by atoms with van der Waals surface area (Å²) in [6.07, 6.45) is 2.18. The van der Waals surface area contributed by atoms with E-state index in [4.69, 9.17) is 25.8 Å². The number of halogens is 1. The molecule has 7 heteroatoms. The first-order chi connectivity index (χ1) is 14.5. The predicted molar refractivity (Wildman–Crippen MR) is 115 cm³/mol. The lowest BCUT2D eigenvalue weighted by molar-refractivity contribution is -0.145. The monoisotopic (exact) mass is 433 g/mol. The van der Waals surface area contributed by atoms with Crippen LogP contribution < -0.4 is 14.8 Å². The number of rotatable bonds is 10. The average molecular weight is 434 g/mol. The molecule has 0 aliphatic heterocycles. The standard InChI is InChI=1S/C23H28ClNO5/c1-2-28-23(27)15-30-22-9-7-16-6-8-19(10-17(16)11-22)25-13-20(26)14-29-21-5-3-4-18(24)12-21/h3-5,7,9,11-12,19-20,25-26H,2,6,8,10,13-15H2,1H3/t19-,20-/m0/s1. The van der Waals surface area contributed by atoms with Crippen molar-refractivity contribution in [3.63, 3.8) is 0 Å². The average Bonchev–Trinajstić information content (AvgIpc) is 2.74. The molecule has 0 saturated carbocycles. The third-order valence-electron chi connectivity index (χ3n) is 4.95. The van der Waals surface area contributed by atoms with Crippen LogP contribution in [0.2, 0.25) is 5.02 Å². The van der Waals surface area contributed by atoms with Gasteiger partial charge in [-0.2, -0.15) is 0 Å². The highest BCUT2D eigenvalue weighted by atomic mass is 35.5. The van der Waals surface area contributed by atoms with E-state index in [1.165, 1.54) is 11.1 Å². The van der Waals surface area contributed by atoms with Crippen LogP contribution in [0.1, 0.15) is 24.5 Å². The molecule has 0 saturated heterocycles. The third kappa shape index (κ3) is 6.90. The van der Waals surface area contributed by atoms with E-state index in [1.54, 1.807) is 19.1 Å². The van der Waals surface area contributed by atoms with Crippen molar-refractivity contribution >= 4 is 17.6 Å².